The molecule has 0 saturated heterocycles. The van der Waals surface area contributed by atoms with Gasteiger partial charge in [-0.3, -0.25) is 0 Å². The average molecular weight is 325 g/mol. The molecule has 0 aliphatic rings. The van der Waals surface area contributed by atoms with Crippen molar-refractivity contribution in [1.82, 2.24) is 0 Å². The molecule has 0 heterocycles. The van der Waals surface area contributed by atoms with Crippen molar-refractivity contribution in [3.8, 4) is 11.5 Å². The van der Waals surface area contributed by atoms with Gasteiger partial charge in [0.15, 0.2) is 0 Å². The highest BCUT2D eigenvalue weighted by Gasteiger charge is 2.06. The first-order valence-electron chi connectivity index (χ1n) is 6.01. The van der Waals surface area contributed by atoms with Crippen molar-refractivity contribution in [3.63, 3.8) is 0 Å². The minimum Gasteiger partial charge on any atom is -0.457 e. The zero-order chi connectivity index (χ0) is 13.8. The summed E-state index contributed by atoms with van der Waals surface area (Å²) >= 11 is 3.09. The van der Waals surface area contributed by atoms with E-state index in [1.807, 2.05) is 6.92 Å². The number of halogens is 2. The molecule has 0 bridgehead atoms. The lowest BCUT2D eigenvalue weighted by atomic mass is 10.1. The Morgan fingerprint density at radius 3 is 2.37 bits per heavy atom. The van der Waals surface area contributed by atoms with Crippen molar-refractivity contribution in [2.24, 2.45) is 0 Å². The van der Waals surface area contributed by atoms with Crippen LogP contribution in [0.1, 0.15) is 25.0 Å². The first kappa shape index (κ1) is 14.0. The molecule has 2 nitrogen and oxygen atoms in total. The maximum absolute atomic E-state index is 13.3. The summed E-state index contributed by atoms with van der Waals surface area (Å²) < 4.78 is 19.3. The molecule has 2 aromatic carbocycles. The van der Waals surface area contributed by atoms with Crippen LogP contribution in [0.15, 0.2) is 46.9 Å². The Labute approximate surface area is 120 Å². The van der Waals surface area contributed by atoms with Gasteiger partial charge in [-0.25, -0.2) is 4.39 Å². The van der Waals surface area contributed by atoms with E-state index < -0.39 is 6.10 Å². The average Bonchev–Trinajstić information content (AvgIpc) is 2.43. The Hall–Kier alpha value is -1.39. The lowest BCUT2D eigenvalue weighted by molar-refractivity contribution is 0.173. The molecule has 19 heavy (non-hydrogen) atoms. The fraction of sp³-hybridized carbons (Fsp3) is 0.200. The molecule has 0 aliphatic carbocycles. The zero-order valence-electron chi connectivity index (χ0n) is 10.4. The molecule has 0 spiro atoms. The molecule has 0 saturated carbocycles. The minimum atomic E-state index is -0.459. The predicted octanol–water partition coefficient (Wildman–Crippen LogP) is 4.82. The maximum atomic E-state index is 13.3. The van der Waals surface area contributed by atoms with Crippen molar-refractivity contribution in [2.45, 2.75) is 19.4 Å². The van der Waals surface area contributed by atoms with Crippen LogP contribution in [0.2, 0.25) is 0 Å². The van der Waals surface area contributed by atoms with Gasteiger partial charge in [0.25, 0.3) is 0 Å². The lowest BCUT2D eigenvalue weighted by Gasteiger charge is -2.10. The summed E-state index contributed by atoms with van der Waals surface area (Å²) in [6, 6.07) is 11.7. The fourth-order valence-corrected chi connectivity index (χ4v) is 1.92. The predicted molar refractivity (Wildman–Crippen MR) is 75.9 cm³/mol. The Bertz CT molecular complexity index is 555. The fourth-order valence-electron chi connectivity index (χ4n) is 1.67. The molecule has 4 heteroatoms. The number of hydrogen-bond donors (Lipinski definition) is 1. The number of aliphatic hydroxyl groups excluding tert-OH is 1. The molecule has 0 radical (unpaired) electrons. The van der Waals surface area contributed by atoms with E-state index in [9.17, 15) is 9.50 Å². The van der Waals surface area contributed by atoms with Crippen LogP contribution in [0.25, 0.3) is 0 Å². The van der Waals surface area contributed by atoms with Crippen LogP contribution in [0.3, 0.4) is 0 Å². The SMILES string of the molecule is CC[C@H](O)c1ccc(Oc2ccc(Br)c(F)c2)cc1. The number of hydrogen-bond acceptors (Lipinski definition) is 2. The van der Waals surface area contributed by atoms with Crippen molar-refractivity contribution in [2.75, 3.05) is 0 Å². The minimum absolute atomic E-state index is 0.365. The first-order chi connectivity index (χ1) is 9.10. The van der Waals surface area contributed by atoms with E-state index in [0.29, 0.717) is 22.4 Å². The van der Waals surface area contributed by atoms with Gasteiger partial charge in [-0.1, -0.05) is 19.1 Å². The van der Waals surface area contributed by atoms with Crippen molar-refractivity contribution >= 4 is 15.9 Å². The molecule has 2 rings (SSSR count). The van der Waals surface area contributed by atoms with Gasteiger partial charge in [0, 0.05) is 6.07 Å². The summed E-state index contributed by atoms with van der Waals surface area (Å²) in [5.74, 6) is 0.675. The molecular formula is C15H14BrFO2. The van der Waals surface area contributed by atoms with E-state index in [4.69, 9.17) is 4.74 Å². The van der Waals surface area contributed by atoms with Crippen LogP contribution >= 0.6 is 15.9 Å². The van der Waals surface area contributed by atoms with E-state index in [-0.39, 0.29) is 5.82 Å². The van der Waals surface area contributed by atoms with Crippen LogP contribution in [-0.2, 0) is 0 Å². The third-order valence-corrected chi connectivity index (χ3v) is 3.42. The molecule has 100 valence electrons. The van der Waals surface area contributed by atoms with Gasteiger partial charge in [-0.05, 0) is 52.2 Å². The zero-order valence-corrected chi connectivity index (χ0v) is 12.0. The Balaban J connectivity index is 2.12. The van der Waals surface area contributed by atoms with Crippen LogP contribution in [0, 0.1) is 5.82 Å². The quantitative estimate of drug-likeness (QED) is 0.873. The van der Waals surface area contributed by atoms with Gasteiger partial charge in [-0.2, -0.15) is 0 Å². The van der Waals surface area contributed by atoms with Crippen LogP contribution in [0.4, 0.5) is 4.39 Å². The van der Waals surface area contributed by atoms with Crippen molar-refractivity contribution < 1.29 is 14.2 Å². The summed E-state index contributed by atoms with van der Waals surface area (Å²) in [4.78, 5) is 0. The normalized spacial score (nSPS) is 12.2. The topological polar surface area (TPSA) is 29.5 Å². The highest BCUT2D eigenvalue weighted by Crippen LogP contribution is 2.27. The number of ether oxygens (including phenoxy) is 1. The number of rotatable bonds is 4. The number of benzene rings is 2. The van der Waals surface area contributed by atoms with Gasteiger partial charge in [0.1, 0.15) is 17.3 Å². The summed E-state index contributed by atoms with van der Waals surface area (Å²) in [5.41, 5.74) is 0.844. The summed E-state index contributed by atoms with van der Waals surface area (Å²) in [7, 11) is 0. The maximum Gasteiger partial charge on any atom is 0.141 e. The van der Waals surface area contributed by atoms with Gasteiger partial charge in [-0.15, -0.1) is 0 Å². The van der Waals surface area contributed by atoms with Crippen molar-refractivity contribution in [1.29, 1.82) is 0 Å². The molecule has 2 aromatic rings. The molecule has 0 fully saturated rings. The highest BCUT2D eigenvalue weighted by atomic mass is 79.9. The standard InChI is InChI=1S/C15H14BrFO2/c1-2-15(18)10-3-5-11(6-4-10)19-12-7-8-13(16)14(17)9-12/h3-9,15,18H,2H2,1H3/t15-/m0/s1. The van der Waals surface area contributed by atoms with Crippen LogP contribution < -0.4 is 4.74 Å². The second-order valence-electron chi connectivity index (χ2n) is 4.17. The Morgan fingerprint density at radius 2 is 1.79 bits per heavy atom. The van der Waals surface area contributed by atoms with E-state index in [0.717, 1.165) is 5.56 Å². The number of aliphatic hydroxyl groups is 1. The van der Waals surface area contributed by atoms with Crippen LogP contribution in [-0.4, -0.2) is 5.11 Å². The van der Waals surface area contributed by atoms with Gasteiger partial charge in [0.05, 0.1) is 10.6 Å². The lowest BCUT2D eigenvalue weighted by Crippen LogP contribution is -1.94. The Morgan fingerprint density at radius 1 is 1.16 bits per heavy atom. The molecule has 0 amide bonds. The van der Waals surface area contributed by atoms with E-state index in [2.05, 4.69) is 15.9 Å². The molecular weight excluding hydrogens is 311 g/mol. The van der Waals surface area contributed by atoms with Gasteiger partial charge in [0.2, 0.25) is 0 Å². The Kier molecular flexibility index (Phi) is 4.56. The second-order valence-corrected chi connectivity index (χ2v) is 5.03. The van der Waals surface area contributed by atoms with E-state index in [1.54, 1.807) is 36.4 Å². The summed E-state index contributed by atoms with van der Waals surface area (Å²) in [6.45, 7) is 1.92. The molecule has 1 N–H and O–H groups in total. The molecule has 0 unspecified atom stereocenters. The third-order valence-electron chi connectivity index (χ3n) is 2.78. The summed E-state index contributed by atoms with van der Waals surface area (Å²) in [6.07, 6.45) is 0.206. The van der Waals surface area contributed by atoms with Gasteiger partial charge < -0.3 is 9.84 Å². The molecule has 0 aromatic heterocycles. The molecule has 1 atom stereocenters. The van der Waals surface area contributed by atoms with E-state index >= 15 is 0 Å². The van der Waals surface area contributed by atoms with E-state index in [1.165, 1.54) is 6.07 Å². The largest absolute Gasteiger partial charge is 0.457 e. The second kappa shape index (κ2) is 6.17. The third kappa shape index (κ3) is 3.55. The summed E-state index contributed by atoms with van der Waals surface area (Å²) in [5, 5.41) is 9.68. The smallest absolute Gasteiger partial charge is 0.141 e. The highest BCUT2D eigenvalue weighted by molar-refractivity contribution is 9.10. The van der Waals surface area contributed by atoms with Crippen molar-refractivity contribution in [3.05, 3.63) is 58.3 Å². The van der Waals surface area contributed by atoms with Crippen LogP contribution in [0.5, 0.6) is 11.5 Å². The van der Waals surface area contributed by atoms with Gasteiger partial charge >= 0.3 is 0 Å². The first-order valence-corrected chi connectivity index (χ1v) is 6.80. The molecule has 0 aliphatic heterocycles. The monoisotopic (exact) mass is 324 g/mol.